The third-order valence-corrected chi connectivity index (χ3v) is 5.83. The average molecular weight is 434 g/mol. The maximum atomic E-state index is 12.2. The fourth-order valence-corrected chi connectivity index (χ4v) is 3.94. The minimum Gasteiger partial charge on any atom is -0.346 e. The first kappa shape index (κ1) is 23.0. The van der Waals surface area contributed by atoms with Crippen LogP contribution in [0.4, 0.5) is 5.69 Å². The Kier molecular flexibility index (Phi) is 6.64. The van der Waals surface area contributed by atoms with Gasteiger partial charge in [0.25, 0.3) is 5.69 Å². The number of Topliss-reactive ketones (excluding diaryl/α,β-unsaturated/α-hetero) is 1. The Morgan fingerprint density at radius 2 is 1.81 bits per heavy atom. The summed E-state index contributed by atoms with van der Waals surface area (Å²) in [5.41, 5.74) is 2.12. The maximum absolute atomic E-state index is 12.2. The Morgan fingerprint density at radius 3 is 2.38 bits per heavy atom. The second-order valence-electron chi connectivity index (χ2n) is 7.78. The predicted octanol–water partition coefficient (Wildman–Crippen LogP) is 4.81. The van der Waals surface area contributed by atoms with E-state index in [1.165, 1.54) is 12.1 Å². The van der Waals surface area contributed by atoms with Gasteiger partial charge in [-0.3, -0.25) is 19.8 Å². The molecule has 3 rings (SSSR count). The molecule has 0 radical (unpaired) electrons. The topological polar surface area (TPSA) is 116 Å². The van der Waals surface area contributed by atoms with Crippen molar-refractivity contribution in [1.82, 2.24) is 14.9 Å². The molecule has 1 aromatic heterocycles. The maximum Gasteiger partial charge on any atom is 0.269 e. The van der Waals surface area contributed by atoms with Gasteiger partial charge in [-0.05, 0) is 44.3 Å². The van der Waals surface area contributed by atoms with Gasteiger partial charge in [-0.2, -0.15) is 0 Å². The SMILES string of the molecule is CCC(=O)c1cccc(C(=N)[C@](CC)(c2nc(-c3ccc([N+](=O)[O-])cc3)c[nH]2)N(C)C)c1. The van der Waals surface area contributed by atoms with Gasteiger partial charge in [-0.1, -0.05) is 32.0 Å². The van der Waals surface area contributed by atoms with Gasteiger partial charge in [0, 0.05) is 35.9 Å². The highest BCUT2D eigenvalue weighted by atomic mass is 16.6. The molecule has 0 unspecified atom stereocenters. The lowest BCUT2D eigenvalue weighted by atomic mass is 9.83. The molecule has 2 aromatic carbocycles. The van der Waals surface area contributed by atoms with Crippen LogP contribution < -0.4 is 0 Å². The minimum absolute atomic E-state index is 0.0176. The van der Waals surface area contributed by atoms with E-state index in [0.717, 1.165) is 5.56 Å². The third-order valence-electron chi connectivity index (χ3n) is 5.83. The van der Waals surface area contributed by atoms with Gasteiger partial charge in [0.1, 0.15) is 11.4 Å². The first-order valence-corrected chi connectivity index (χ1v) is 10.4. The zero-order chi connectivity index (χ0) is 23.5. The number of carbonyl (C=O) groups excluding carboxylic acids is 1. The number of hydrogen-bond donors (Lipinski definition) is 2. The lowest BCUT2D eigenvalue weighted by Gasteiger charge is -2.38. The number of non-ortho nitro benzene ring substituents is 1. The fourth-order valence-electron chi connectivity index (χ4n) is 3.94. The molecule has 0 aliphatic heterocycles. The van der Waals surface area contributed by atoms with Gasteiger partial charge < -0.3 is 10.4 Å². The highest BCUT2D eigenvalue weighted by molar-refractivity contribution is 6.07. The molecule has 32 heavy (non-hydrogen) atoms. The normalized spacial score (nSPS) is 13.0. The van der Waals surface area contributed by atoms with Crippen LogP contribution in [0.15, 0.2) is 54.7 Å². The van der Waals surface area contributed by atoms with E-state index < -0.39 is 10.5 Å². The smallest absolute Gasteiger partial charge is 0.269 e. The van der Waals surface area contributed by atoms with E-state index in [4.69, 9.17) is 10.4 Å². The Balaban J connectivity index is 2.04. The molecule has 0 fully saturated rings. The summed E-state index contributed by atoms with van der Waals surface area (Å²) in [5.74, 6) is 0.626. The van der Waals surface area contributed by atoms with Crippen LogP contribution in [-0.2, 0) is 5.54 Å². The molecular weight excluding hydrogens is 406 g/mol. The number of nitrogens with zero attached hydrogens (tertiary/aromatic N) is 3. The van der Waals surface area contributed by atoms with Crippen LogP contribution in [0.2, 0.25) is 0 Å². The molecule has 8 nitrogen and oxygen atoms in total. The molecule has 0 bridgehead atoms. The van der Waals surface area contributed by atoms with Gasteiger partial charge in [-0.15, -0.1) is 0 Å². The lowest BCUT2D eigenvalue weighted by molar-refractivity contribution is -0.384. The van der Waals surface area contributed by atoms with E-state index in [9.17, 15) is 14.9 Å². The molecule has 3 aromatic rings. The first-order valence-electron chi connectivity index (χ1n) is 10.4. The van der Waals surface area contributed by atoms with Gasteiger partial charge >= 0.3 is 0 Å². The molecule has 1 atom stereocenters. The summed E-state index contributed by atoms with van der Waals surface area (Å²) < 4.78 is 0. The van der Waals surface area contributed by atoms with Crippen molar-refractivity contribution in [2.45, 2.75) is 32.2 Å². The van der Waals surface area contributed by atoms with E-state index in [1.807, 2.05) is 38.9 Å². The molecule has 0 aliphatic carbocycles. The van der Waals surface area contributed by atoms with Crippen LogP contribution in [0.5, 0.6) is 0 Å². The number of carbonyl (C=O) groups is 1. The second kappa shape index (κ2) is 9.23. The summed E-state index contributed by atoms with van der Waals surface area (Å²) in [6.07, 6.45) is 2.72. The zero-order valence-corrected chi connectivity index (χ0v) is 18.7. The zero-order valence-electron chi connectivity index (χ0n) is 18.7. The molecular formula is C24H27N5O3. The number of imidazole rings is 1. The fraction of sp³-hybridized carbons (Fsp3) is 0.292. The van der Waals surface area contributed by atoms with Crippen LogP contribution in [-0.4, -0.2) is 45.4 Å². The van der Waals surface area contributed by atoms with E-state index in [-0.39, 0.29) is 11.5 Å². The molecule has 0 spiro atoms. The molecule has 0 saturated carbocycles. The number of ketones is 1. The number of H-pyrrole nitrogens is 1. The van der Waals surface area contributed by atoms with Crippen molar-refractivity contribution in [3.8, 4) is 11.3 Å². The molecule has 8 heteroatoms. The minimum atomic E-state index is -0.854. The van der Waals surface area contributed by atoms with Crippen molar-refractivity contribution in [2.75, 3.05) is 14.1 Å². The van der Waals surface area contributed by atoms with E-state index >= 15 is 0 Å². The Hall–Kier alpha value is -3.65. The van der Waals surface area contributed by atoms with Crippen LogP contribution in [0.1, 0.15) is 48.4 Å². The van der Waals surface area contributed by atoms with Gasteiger partial charge in [-0.25, -0.2) is 4.98 Å². The van der Waals surface area contributed by atoms with E-state index in [1.54, 1.807) is 36.5 Å². The van der Waals surface area contributed by atoms with Crippen LogP contribution in [0.25, 0.3) is 11.3 Å². The van der Waals surface area contributed by atoms with Crippen molar-refractivity contribution in [3.05, 3.63) is 81.8 Å². The Morgan fingerprint density at radius 1 is 1.16 bits per heavy atom. The number of likely N-dealkylation sites (N-methyl/N-ethyl adjacent to an activating group) is 1. The first-order chi connectivity index (χ1) is 15.2. The summed E-state index contributed by atoms with van der Waals surface area (Å²) >= 11 is 0. The third kappa shape index (κ3) is 4.09. The van der Waals surface area contributed by atoms with Crippen molar-refractivity contribution in [2.24, 2.45) is 0 Å². The summed E-state index contributed by atoms with van der Waals surface area (Å²) in [7, 11) is 3.79. The van der Waals surface area contributed by atoms with Gasteiger partial charge in [0.2, 0.25) is 0 Å². The number of nitro benzene ring substituents is 1. The number of aromatic amines is 1. The number of benzene rings is 2. The highest BCUT2D eigenvalue weighted by Gasteiger charge is 2.41. The second-order valence-corrected chi connectivity index (χ2v) is 7.78. The molecule has 0 aliphatic rings. The van der Waals surface area contributed by atoms with Crippen LogP contribution >= 0.6 is 0 Å². The average Bonchev–Trinajstić information content (AvgIpc) is 3.29. The number of nitrogens with one attached hydrogen (secondary N) is 2. The predicted molar refractivity (Wildman–Crippen MR) is 124 cm³/mol. The Bertz CT molecular complexity index is 1150. The van der Waals surface area contributed by atoms with Crippen molar-refractivity contribution in [3.63, 3.8) is 0 Å². The van der Waals surface area contributed by atoms with Crippen molar-refractivity contribution < 1.29 is 9.72 Å². The molecule has 0 amide bonds. The number of rotatable bonds is 9. The summed E-state index contributed by atoms with van der Waals surface area (Å²) in [6, 6.07) is 13.4. The van der Waals surface area contributed by atoms with Crippen LogP contribution in [0.3, 0.4) is 0 Å². The number of nitro groups is 1. The van der Waals surface area contributed by atoms with Gasteiger partial charge in [0.15, 0.2) is 5.78 Å². The number of aromatic nitrogens is 2. The monoisotopic (exact) mass is 433 g/mol. The highest BCUT2D eigenvalue weighted by Crippen LogP contribution is 2.34. The molecule has 2 N–H and O–H groups in total. The largest absolute Gasteiger partial charge is 0.346 e. The quantitative estimate of drug-likeness (QED) is 0.217. The van der Waals surface area contributed by atoms with Crippen LogP contribution in [0, 0.1) is 15.5 Å². The lowest BCUT2D eigenvalue weighted by Crippen LogP contribution is -2.49. The van der Waals surface area contributed by atoms with Gasteiger partial charge in [0.05, 0.1) is 16.3 Å². The Labute approximate surface area is 187 Å². The molecule has 0 saturated heterocycles. The summed E-state index contributed by atoms with van der Waals surface area (Å²) in [4.78, 5) is 32.6. The van der Waals surface area contributed by atoms with Crippen molar-refractivity contribution in [1.29, 1.82) is 5.41 Å². The summed E-state index contributed by atoms with van der Waals surface area (Å²) in [5, 5.41) is 20.0. The standard InChI is InChI=1S/C24H27N5O3/c1-5-21(30)17-8-7-9-18(14-17)22(25)24(6-2,28(3)4)23-26-15-20(27-23)16-10-12-19(13-11-16)29(31)32/h7-15,25H,5-6H2,1-4H3,(H,26,27)/t24-/m1/s1. The number of hydrogen-bond acceptors (Lipinski definition) is 6. The molecule has 166 valence electrons. The van der Waals surface area contributed by atoms with E-state index in [0.29, 0.717) is 41.2 Å². The van der Waals surface area contributed by atoms with Crippen molar-refractivity contribution >= 4 is 17.2 Å². The molecule has 1 heterocycles. The van der Waals surface area contributed by atoms with E-state index in [2.05, 4.69) is 4.98 Å². The summed E-state index contributed by atoms with van der Waals surface area (Å²) in [6.45, 7) is 3.81.